The largest absolute Gasteiger partial charge is 0.481 e. The highest BCUT2D eigenvalue weighted by Gasteiger charge is 2.50. The van der Waals surface area contributed by atoms with Crippen molar-refractivity contribution < 1.29 is 14.9 Å². The third-order valence-corrected chi connectivity index (χ3v) is 4.04. The van der Waals surface area contributed by atoms with Crippen molar-refractivity contribution in [3.8, 4) is 0 Å². The van der Waals surface area contributed by atoms with E-state index in [4.69, 9.17) is 0 Å². The van der Waals surface area contributed by atoms with Gasteiger partial charge in [-0.2, -0.15) is 0 Å². The van der Waals surface area contributed by atoms with Gasteiger partial charge in [0.25, 0.3) is 0 Å². The maximum Gasteiger partial charge on any atom is 0.304 e. The smallest absolute Gasteiger partial charge is 0.304 e. The SMILES string of the molecule is O=C(O)C[C@]12CCCCC1=[NH+]c1ccccc12. The van der Waals surface area contributed by atoms with Crippen LogP contribution in [0.15, 0.2) is 24.3 Å². The molecule has 1 aromatic carbocycles. The van der Waals surface area contributed by atoms with Crippen LogP contribution < -0.4 is 4.99 Å². The van der Waals surface area contributed by atoms with Gasteiger partial charge in [0.15, 0.2) is 5.71 Å². The number of carboxylic acid groups (broad SMARTS) is 1. The molecule has 0 saturated heterocycles. The number of hydrogen-bond acceptors (Lipinski definition) is 1. The molecule has 0 radical (unpaired) electrons. The molecule has 0 aromatic heterocycles. The van der Waals surface area contributed by atoms with Crippen molar-refractivity contribution in [2.24, 2.45) is 0 Å². The Bertz CT molecular complexity index is 507. The molecule has 0 bridgehead atoms. The molecule has 0 unspecified atom stereocenters. The molecule has 88 valence electrons. The zero-order chi connectivity index (χ0) is 11.9. The summed E-state index contributed by atoms with van der Waals surface area (Å²) >= 11 is 0. The molecule has 1 heterocycles. The summed E-state index contributed by atoms with van der Waals surface area (Å²) in [6, 6.07) is 8.12. The number of hydrogen-bond donors (Lipinski definition) is 2. The molecular weight excluding hydrogens is 214 g/mol. The second-order valence-corrected chi connectivity index (χ2v) is 5.01. The van der Waals surface area contributed by atoms with Crippen molar-refractivity contribution in [2.75, 3.05) is 0 Å². The van der Waals surface area contributed by atoms with Gasteiger partial charge in [0.2, 0.25) is 5.69 Å². The first-order valence-corrected chi connectivity index (χ1v) is 6.17. The highest BCUT2D eigenvalue weighted by molar-refractivity contribution is 5.98. The molecule has 1 aromatic rings. The van der Waals surface area contributed by atoms with Crippen LogP contribution in [0, 0.1) is 0 Å². The number of para-hydroxylation sites is 1. The summed E-state index contributed by atoms with van der Waals surface area (Å²) < 4.78 is 0. The minimum atomic E-state index is -0.706. The summed E-state index contributed by atoms with van der Waals surface area (Å²) in [4.78, 5) is 14.6. The summed E-state index contributed by atoms with van der Waals surface area (Å²) in [6.45, 7) is 0. The van der Waals surface area contributed by atoms with Gasteiger partial charge in [-0.15, -0.1) is 0 Å². The fourth-order valence-corrected chi connectivity index (χ4v) is 3.32. The van der Waals surface area contributed by atoms with Gasteiger partial charge >= 0.3 is 5.97 Å². The number of nitrogens with one attached hydrogen (secondary N) is 1. The summed E-state index contributed by atoms with van der Waals surface area (Å²) in [5, 5.41) is 9.19. The first-order valence-electron chi connectivity index (χ1n) is 6.17. The summed E-state index contributed by atoms with van der Waals surface area (Å²) in [5.41, 5.74) is 3.25. The van der Waals surface area contributed by atoms with Gasteiger partial charge in [-0.3, -0.25) is 4.79 Å². The first kappa shape index (κ1) is 10.5. The Morgan fingerprint density at radius 1 is 1.35 bits per heavy atom. The van der Waals surface area contributed by atoms with Crippen molar-refractivity contribution in [1.82, 2.24) is 0 Å². The zero-order valence-corrected chi connectivity index (χ0v) is 9.70. The lowest BCUT2D eigenvalue weighted by atomic mass is 9.67. The topological polar surface area (TPSA) is 51.3 Å². The molecule has 0 amide bonds. The molecular formula is C14H16NO2+. The number of carboxylic acids is 1. The van der Waals surface area contributed by atoms with E-state index in [1.54, 1.807) is 0 Å². The molecule has 0 spiro atoms. The standard InChI is InChI=1S/C14H15NO2/c16-13(17)9-14-8-4-3-7-12(14)15-11-6-2-1-5-10(11)14/h1-2,5-6H,3-4,7-9H2,(H,16,17)/p+1/t14-/m0/s1. The van der Waals surface area contributed by atoms with Crippen LogP contribution in [0.3, 0.4) is 0 Å². The monoisotopic (exact) mass is 230 g/mol. The number of carbonyl (C=O) groups is 1. The average Bonchev–Trinajstić information content (AvgIpc) is 2.62. The minimum absolute atomic E-state index is 0.215. The van der Waals surface area contributed by atoms with Crippen LogP contribution in [0.5, 0.6) is 0 Å². The molecule has 3 rings (SSSR count). The molecule has 1 atom stereocenters. The third-order valence-electron chi connectivity index (χ3n) is 4.04. The van der Waals surface area contributed by atoms with Crippen molar-refractivity contribution in [1.29, 1.82) is 0 Å². The molecule has 17 heavy (non-hydrogen) atoms. The van der Waals surface area contributed by atoms with E-state index < -0.39 is 5.97 Å². The van der Waals surface area contributed by atoms with E-state index in [0.29, 0.717) is 0 Å². The maximum absolute atomic E-state index is 11.2. The molecule has 1 saturated carbocycles. The molecule has 1 aliphatic carbocycles. The Labute approximate surface area is 100 Å². The van der Waals surface area contributed by atoms with Crippen molar-refractivity contribution in [3.05, 3.63) is 29.8 Å². The van der Waals surface area contributed by atoms with E-state index in [2.05, 4.69) is 11.1 Å². The lowest BCUT2D eigenvalue weighted by molar-refractivity contribution is -0.353. The van der Waals surface area contributed by atoms with Crippen LogP contribution in [0.4, 0.5) is 5.69 Å². The molecule has 2 aliphatic rings. The third kappa shape index (κ3) is 1.49. The van der Waals surface area contributed by atoms with E-state index in [-0.39, 0.29) is 11.8 Å². The van der Waals surface area contributed by atoms with Crippen molar-refractivity contribution in [3.63, 3.8) is 0 Å². The summed E-state index contributed by atoms with van der Waals surface area (Å²) in [5.74, 6) is -0.706. The second-order valence-electron chi connectivity index (χ2n) is 5.01. The second kappa shape index (κ2) is 3.69. The van der Waals surface area contributed by atoms with Gasteiger partial charge in [-0.1, -0.05) is 24.6 Å². The van der Waals surface area contributed by atoms with Gasteiger partial charge in [-0.05, 0) is 12.8 Å². The number of rotatable bonds is 2. The molecule has 1 fully saturated rings. The lowest BCUT2D eigenvalue weighted by Crippen LogP contribution is -2.67. The molecule has 3 nitrogen and oxygen atoms in total. The first-order chi connectivity index (χ1) is 8.22. The quantitative estimate of drug-likeness (QED) is 0.800. The van der Waals surface area contributed by atoms with Crippen LogP contribution in [0.2, 0.25) is 0 Å². The highest BCUT2D eigenvalue weighted by Crippen LogP contribution is 2.43. The molecule has 3 heteroatoms. The highest BCUT2D eigenvalue weighted by atomic mass is 16.4. The van der Waals surface area contributed by atoms with Crippen LogP contribution in [0.25, 0.3) is 0 Å². The van der Waals surface area contributed by atoms with E-state index in [1.165, 1.54) is 11.3 Å². The Kier molecular flexibility index (Phi) is 2.28. The van der Waals surface area contributed by atoms with Gasteiger partial charge in [-0.25, -0.2) is 4.99 Å². The van der Waals surface area contributed by atoms with E-state index in [9.17, 15) is 9.90 Å². The van der Waals surface area contributed by atoms with E-state index in [1.807, 2.05) is 18.2 Å². The molecule has 2 N–H and O–H groups in total. The van der Waals surface area contributed by atoms with Crippen LogP contribution in [0.1, 0.15) is 37.7 Å². The van der Waals surface area contributed by atoms with Crippen LogP contribution >= 0.6 is 0 Å². The number of benzene rings is 1. The predicted octanol–water partition coefficient (Wildman–Crippen LogP) is 1.14. The molecule has 1 aliphatic heterocycles. The number of fused-ring (bicyclic) bond motifs is 3. The number of aliphatic carboxylic acids is 1. The van der Waals surface area contributed by atoms with Crippen LogP contribution in [-0.4, -0.2) is 16.8 Å². The summed E-state index contributed by atoms with van der Waals surface area (Å²) in [7, 11) is 0. The Balaban J connectivity index is 2.13. The minimum Gasteiger partial charge on any atom is -0.481 e. The summed E-state index contributed by atoms with van der Waals surface area (Å²) in [6.07, 6.45) is 4.46. The fourth-order valence-electron chi connectivity index (χ4n) is 3.32. The average molecular weight is 230 g/mol. The zero-order valence-electron chi connectivity index (χ0n) is 9.70. The van der Waals surface area contributed by atoms with Crippen molar-refractivity contribution in [2.45, 2.75) is 37.5 Å². The maximum atomic E-state index is 11.2. The normalized spacial score (nSPS) is 26.0. The Hall–Kier alpha value is -1.64. The van der Waals surface area contributed by atoms with Gasteiger partial charge < -0.3 is 5.11 Å². The fraction of sp³-hybridized carbons (Fsp3) is 0.429. The van der Waals surface area contributed by atoms with Crippen LogP contribution in [-0.2, 0) is 10.2 Å². The van der Waals surface area contributed by atoms with Gasteiger partial charge in [0.1, 0.15) is 0 Å². The predicted molar refractivity (Wildman–Crippen MR) is 64.5 cm³/mol. The van der Waals surface area contributed by atoms with E-state index >= 15 is 0 Å². The van der Waals surface area contributed by atoms with Gasteiger partial charge in [0.05, 0.1) is 11.8 Å². The Morgan fingerprint density at radius 3 is 3.00 bits per heavy atom. The van der Waals surface area contributed by atoms with Gasteiger partial charge in [0, 0.05) is 18.1 Å². The Morgan fingerprint density at radius 2 is 2.18 bits per heavy atom. The van der Waals surface area contributed by atoms with Crippen molar-refractivity contribution >= 4 is 17.4 Å². The van der Waals surface area contributed by atoms with E-state index in [0.717, 1.165) is 31.4 Å². The lowest BCUT2D eigenvalue weighted by Gasteiger charge is -2.30.